The van der Waals surface area contributed by atoms with Crippen LogP contribution >= 0.6 is 0 Å². The zero-order valence-electron chi connectivity index (χ0n) is 18.4. The molecule has 0 aromatic heterocycles. The highest BCUT2D eigenvalue weighted by atomic mass is 28.4. The Kier molecular flexibility index (Phi) is 8.26. The first kappa shape index (κ1) is 22.6. The second-order valence-electron chi connectivity index (χ2n) is 8.21. The van der Waals surface area contributed by atoms with Gasteiger partial charge in [0.2, 0.25) is 0 Å². The Morgan fingerprint density at radius 3 is 1.62 bits per heavy atom. The lowest BCUT2D eigenvalue weighted by Gasteiger charge is -2.42. The van der Waals surface area contributed by atoms with Crippen molar-refractivity contribution in [1.29, 1.82) is 0 Å². The lowest BCUT2D eigenvalue weighted by molar-refractivity contribution is 0.380. The van der Waals surface area contributed by atoms with Gasteiger partial charge in [0.15, 0.2) is 0 Å². The summed E-state index contributed by atoms with van der Waals surface area (Å²) in [6, 6.07) is 4.07. The van der Waals surface area contributed by atoms with Crippen molar-refractivity contribution in [2.75, 3.05) is 14.2 Å². The summed E-state index contributed by atoms with van der Waals surface area (Å²) in [7, 11) is 1.41. The number of hydrogen-bond donors (Lipinski definition) is 0. The van der Waals surface area contributed by atoms with Gasteiger partial charge in [-0.15, -0.1) is 0 Å². The van der Waals surface area contributed by atoms with Crippen LogP contribution in [0.2, 0.25) is 16.6 Å². The molecule has 0 heterocycles. The average Bonchev–Trinajstić information content (AvgIpc) is 2.56. The highest BCUT2D eigenvalue weighted by molar-refractivity contribution is 6.78. The third-order valence-corrected chi connectivity index (χ3v) is 11.3. The molecule has 148 valence electrons. The first-order chi connectivity index (χ1) is 12.1. The first-order valence-electron chi connectivity index (χ1n) is 9.67. The highest BCUT2D eigenvalue weighted by Gasteiger charge is 2.47. The molecule has 1 aromatic rings. The van der Waals surface area contributed by atoms with E-state index < -0.39 is 8.32 Å². The minimum Gasteiger partial charge on any atom is -0.543 e. The van der Waals surface area contributed by atoms with Crippen LogP contribution < -0.4 is 13.9 Å². The molecule has 4 heteroatoms. The zero-order valence-corrected chi connectivity index (χ0v) is 19.4. The van der Waals surface area contributed by atoms with Crippen molar-refractivity contribution in [3.8, 4) is 17.2 Å². The van der Waals surface area contributed by atoms with Crippen molar-refractivity contribution in [2.24, 2.45) is 0 Å². The molecule has 0 radical (unpaired) electrons. The van der Waals surface area contributed by atoms with Gasteiger partial charge >= 0.3 is 0 Å². The second-order valence-corrected chi connectivity index (χ2v) is 13.6. The van der Waals surface area contributed by atoms with E-state index >= 15 is 0 Å². The summed E-state index contributed by atoms with van der Waals surface area (Å²) in [5.41, 5.74) is 3.90. The fourth-order valence-electron chi connectivity index (χ4n) is 4.08. The van der Waals surface area contributed by atoms with Gasteiger partial charge in [-0.05, 0) is 36.9 Å². The minimum absolute atomic E-state index is 0.518. The molecule has 0 aliphatic rings. The van der Waals surface area contributed by atoms with Crippen LogP contribution in [0.15, 0.2) is 23.8 Å². The number of rotatable bonds is 9. The number of ether oxygens (including phenoxy) is 2. The van der Waals surface area contributed by atoms with Crippen LogP contribution in [0.1, 0.15) is 61.0 Å². The van der Waals surface area contributed by atoms with Gasteiger partial charge in [0.25, 0.3) is 8.32 Å². The molecule has 0 aliphatic heterocycles. The van der Waals surface area contributed by atoms with Gasteiger partial charge in [0.1, 0.15) is 17.2 Å². The summed E-state index contributed by atoms with van der Waals surface area (Å²) in [6.45, 7) is 18.0. The minimum atomic E-state index is -2.02. The van der Waals surface area contributed by atoms with Crippen molar-refractivity contribution in [1.82, 2.24) is 0 Å². The number of benzene rings is 1. The molecule has 0 aliphatic carbocycles. The van der Waals surface area contributed by atoms with Crippen molar-refractivity contribution in [3.05, 3.63) is 29.3 Å². The van der Waals surface area contributed by atoms with Gasteiger partial charge < -0.3 is 13.9 Å². The zero-order chi connectivity index (χ0) is 20.1. The lowest BCUT2D eigenvalue weighted by atomic mass is 10.1. The van der Waals surface area contributed by atoms with E-state index in [2.05, 4.69) is 61.5 Å². The van der Waals surface area contributed by atoms with E-state index in [1.807, 2.05) is 12.1 Å². The fourth-order valence-corrected chi connectivity index (χ4v) is 9.32. The summed E-state index contributed by atoms with van der Waals surface area (Å²) in [6.07, 6.45) is 2.98. The molecular formula is C22H38O3Si. The molecule has 26 heavy (non-hydrogen) atoms. The average molecular weight is 379 g/mol. The molecule has 0 saturated heterocycles. The molecule has 3 nitrogen and oxygen atoms in total. The van der Waals surface area contributed by atoms with Crippen LogP contribution in [-0.2, 0) is 6.42 Å². The highest BCUT2D eigenvalue weighted by Crippen LogP contribution is 2.44. The van der Waals surface area contributed by atoms with E-state index in [4.69, 9.17) is 13.9 Å². The Labute approximate surface area is 161 Å². The third-order valence-electron chi connectivity index (χ3n) is 5.30. The van der Waals surface area contributed by atoms with Crippen LogP contribution in [-0.4, -0.2) is 22.5 Å². The van der Waals surface area contributed by atoms with Crippen molar-refractivity contribution in [3.63, 3.8) is 0 Å². The molecule has 0 spiro atoms. The number of allylic oxidation sites excluding steroid dienone is 2. The standard InChI is InChI=1S/C22H38O3Si/c1-15(2)11-12-20-21(23-9)13-19(14-22(20)24-10)25-26(16(3)4,17(5)6)18(7)8/h11,13-14,16-18H,12H2,1-10H3. The van der Waals surface area contributed by atoms with E-state index in [9.17, 15) is 0 Å². The normalized spacial score (nSPS) is 11.9. The van der Waals surface area contributed by atoms with Crippen LogP contribution in [0.5, 0.6) is 17.2 Å². The van der Waals surface area contributed by atoms with Gasteiger partial charge in [0, 0.05) is 17.7 Å². The van der Waals surface area contributed by atoms with Crippen LogP contribution in [0.4, 0.5) is 0 Å². The molecule has 0 amide bonds. The quantitative estimate of drug-likeness (QED) is 0.350. The van der Waals surface area contributed by atoms with Crippen molar-refractivity contribution >= 4 is 8.32 Å². The van der Waals surface area contributed by atoms with Gasteiger partial charge in [-0.3, -0.25) is 0 Å². The molecule has 0 unspecified atom stereocenters. The number of methoxy groups -OCH3 is 2. The van der Waals surface area contributed by atoms with E-state index in [0.717, 1.165) is 29.2 Å². The van der Waals surface area contributed by atoms with E-state index in [1.165, 1.54) is 5.57 Å². The second kappa shape index (κ2) is 9.49. The smallest absolute Gasteiger partial charge is 0.258 e. The molecule has 0 bridgehead atoms. The summed E-state index contributed by atoms with van der Waals surface area (Å²) in [5.74, 6) is 2.52. The molecular weight excluding hydrogens is 340 g/mol. The lowest BCUT2D eigenvalue weighted by Crippen LogP contribution is -2.50. The summed E-state index contributed by atoms with van der Waals surface area (Å²) >= 11 is 0. The summed E-state index contributed by atoms with van der Waals surface area (Å²) < 4.78 is 18.2. The largest absolute Gasteiger partial charge is 0.543 e. The van der Waals surface area contributed by atoms with Crippen molar-refractivity contribution < 1.29 is 13.9 Å². The van der Waals surface area contributed by atoms with Gasteiger partial charge in [0.05, 0.1) is 14.2 Å². The Hall–Kier alpha value is -1.42. The molecule has 0 fully saturated rings. The fraction of sp³-hybridized carbons (Fsp3) is 0.636. The number of hydrogen-bond acceptors (Lipinski definition) is 3. The molecule has 1 rings (SSSR count). The maximum absolute atomic E-state index is 6.82. The molecule has 0 N–H and O–H groups in total. The maximum atomic E-state index is 6.82. The van der Waals surface area contributed by atoms with E-state index in [0.29, 0.717) is 16.6 Å². The van der Waals surface area contributed by atoms with Gasteiger partial charge in [-0.2, -0.15) is 0 Å². The van der Waals surface area contributed by atoms with Crippen LogP contribution in [0.25, 0.3) is 0 Å². The third kappa shape index (κ3) is 4.85. The topological polar surface area (TPSA) is 27.7 Å². The molecule has 0 saturated carbocycles. The molecule has 0 atom stereocenters. The first-order valence-corrected chi connectivity index (χ1v) is 11.8. The monoisotopic (exact) mass is 378 g/mol. The van der Waals surface area contributed by atoms with E-state index in [1.54, 1.807) is 14.2 Å². The molecule has 1 aromatic carbocycles. The SMILES string of the molecule is COc1cc(O[Si](C(C)C)(C(C)C)C(C)C)cc(OC)c1CC=C(C)C. The Morgan fingerprint density at radius 1 is 0.885 bits per heavy atom. The van der Waals surface area contributed by atoms with Crippen molar-refractivity contribution in [2.45, 2.75) is 78.4 Å². The Balaban J connectivity index is 3.43. The van der Waals surface area contributed by atoms with Gasteiger partial charge in [-0.25, -0.2) is 0 Å². The predicted molar refractivity (Wildman–Crippen MR) is 114 cm³/mol. The maximum Gasteiger partial charge on any atom is 0.258 e. The Bertz CT molecular complexity index is 567. The Morgan fingerprint density at radius 2 is 1.31 bits per heavy atom. The van der Waals surface area contributed by atoms with Gasteiger partial charge in [-0.1, -0.05) is 53.2 Å². The predicted octanol–water partition coefficient (Wildman–Crippen LogP) is 6.77. The van der Waals surface area contributed by atoms with E-state index in [-0.39, 0.29) is 0 Å². The summed E-state index contributed by atoms with van der Waals surface area (Å²) in [5, 5.41) is 0. The summed E-state index contributed by atoms with van der Waals surface area (Å²) in [4.78, 5) is 0. The van der Waals surface area contributed by atoms with Crippen LogP contribution in [0.3, 0.4) is 0 Å². The van der Waals surface area contributed by atoms with Crippen LogP contribution in [0, 0.1) is 0 Å².